The molecule has 1 aliphatic rings. The largest absolute Gasteiger partial charge is 0.497 e. The number of carbonyl (C=O) groups is 1. The van der Waals surface area contributed by atoms with Crippen LogP contribution in [0.15, 0.2) is 42.5 Å². The van der Waals surface area contributed by atoms with E-state index in [1.807, 2.05) is 29.2 Å². The molecule has 10 heteroatoms. The molecule has 0 bridgehead atoms. The van der Waals surface area contributed by atoms with Gasteiger partial charge in [-0.3, -0.25) is 19.8 Å². The molecule has 2 aromatic carbocycles. The van der Waals surface area contributed by atoms with Crippen molar-refractivity contribution < 1.29 is 22.9 Å². The molecule has 0 aliphatic carbocycles. The molecule has 1 saturated heterocycles. The second-order valence-corrected chi connectivity index (χ2v) is 10.1. The normalized spacial score (nSPS) is 17.3. The van der Waals surface area contributed by atoms with Gasteiger partial charge in [-0.2, -0.15) is 0 Å². The molecular weight excluding hydrogens is 434 g/mol. The van der Waals surface area contributed by atoms with Crippen LogP contribution in [0.1, 0.15) is 24.0 Å². The SMILES string of the molecule is COc1ccc(CN(CCC(=O)Nc2cccc([N+](=O)[O-])c2C)C2CCS(=O)(=O)C2)cc1. The number of nitro benzene ring substituents is 1. The molecule has 3 rings (SSSR count). The van der Waals surface area contributed by atoms with Crippen molar-refractivity contribution in [1.82, 2.24) is 4.90 Å². The topological polar surface area (TPSA) is 119 Å². The summed E-state index contributed by atoms with van der Waals surface area (Å²) in [5, 5.41) is 13.9. The van der Waals surface area contributed by atoms with Gasteiger partial charge in [-0.05, 0) is 37.1 Å². The molecule has 1 unspecified atom stereocenters. The monoisotopic (exact) mass is 461 g/mol. The molecule has 0 spiro atoms. The fourth-order valence-corrected chi connectivity index (χ4v) is 5.60. The first-order valence-corrected chi connectivity index (χ1v) is 12.1. The van der Waals surface area contributed by atoms with Crippen LogP contribution >= 0.6 is 0 Å². The van der Waals surface area contributed by atoms with Crippen LogP contribution in [0.3, 0.4) is 0 Å². The maximum absolute atomic E-state index is 12.6. The molecule has 9 nitrogen and oxygen atoms in total. The molecule has 1 amide bonds. The highest BCUT2D eigenvalue weighted by atomic mass is 32.2. The van der Waals surface area contributed by atoms with Crippen molar-refractivity contribution in [2.45, 2.75) is 32.4 Å². The van der Waals surface area contributed by atoms with Gasteiger partial charge in [0.2, 0.25) is 5.91 Å². The Morgan fingerprint density at radius 2 is 1.97 bits per heavy atom. The molecule has 0 aromatic heterocycles. The summed E-state index contributed by atoms with van der Waals surface area (Å²) in [7, 11) is -1.49. The molecule has 0 saturated carbocycles. The van der Waals surface area contributed by atoms with Crippen LogP contribution < -0.4 is 10.1 Å². The number of anilines is 1. The predicted molar refractivity (Wildman–Crippen MR) is 122 cm³/mol. The number of nitrogens with zero attached hydrogens (tertiary/aromatic N) is 2. The number of hydrogen-bond acceptors (Lipinski definition) is 7. The van der Waals surface area contributed by atoms with Crippen LogP contribution in [-0.4, -0.2) is 55.4 Å². The van der Waals surface area contributed by atoms with E-state index in [2.05, 4.69) is 5.32 Å². The summed E-state index contributed by atoms with van der Waals surface area (Å²) in [5.74, 6) is 0.676. The number of hydrogen-bond donors (Lipinski definition) is 1. The maximum Gasteiger partial charge on any atom is 0.274 e. The van der Waals surface area contributed by atoms with E-state index in [0.717, 1.165) is 11.3 Å². The summed E-state index contributed by atoms with van der Waals surface area (Å²) in [6.07, 6.45) is 0.666. The van der Waals surface area contributed by atoms with Crippen LogP contribution in [0.4, 0.5) is 11.4 Å². The number of sulfone groups is 1. The van der Waals surface area contributed by atoms with Gasteiger partial charge in [-0.25, -0.2) is 8.42 Å². The van der Waals surface area contributed by atoms with Gasteiger partial charge in [-0.1, -0.05) is 18.2 Å². The van der Waals surface area contributed by atoms with Gasteiger partial charge in [0.25, 0.3) is 5.69 Å². The lowest BCUT2D eigenvalue weighted by Gasteiger charge is -2.28. The molecule has 0 radical (unpaired) electrons. The van der Waals surface area contributed by atoms with Crippen LogP contribution in [0.5, 0.6) is 5.75 Å². The summed E-state index contributed by atoms with van der Waals surface area (Å²) in [6, 6.07) is 11.9. The van der Waals surface area contributed by atoms with E-state index in [-0.39, 0.29) is 35.6 Å². The van der Waals surface area contributed by atoms with E-state index < -0.39 is 14.8 Å². The van der Waals surface area contributed by atoms with E-state index in [1.54, 1.807) is 20.1 Å². The third-order valence-electron chi connectivity index (χ3n) is 5.67. The van der Waals surface area contributed by atoms with Gasteiger partial charge in [0.1, 0.15) is 5.75 Å². The van der Waals surface area contributed by atoms with Crippen LogP contribution in [0, 0.1) is 17.0 Å². The third-order valence-corrected chi connectivity index (χ3v) is 7.42. The molecular formula is C22H27N3O6S. The Balaban J connectivity index is 1.68. The first-order valence-electron chi connectivity index (χ1n) is 10.3. The zero-order valence-electron chi connectivity index (χ0n) is 18.1. The van der Waals surface area contributed by atoms with Crippen LogP contribution in [0.2, 0.25) is 0 Å². The van der Waals surface area contributed by atoms with Gasteiger partial charge in [0, 0.05) is 31.6 Å². The number of nitro groups is 1. The van der Waals surface area contributed by atoms with Crippen molar-refractivity contribution in [3.05, 3.63) is 63.7 Å². The van der Waals surface area contributed by atoms with Gasteiger partial charge >= 0.3 is 0 Å². The minimum absolute atomic E-state index is 0.0555. The number of carbonyl (C=O) groups excluding carboxylic acids is 1. The molecule has 2 aromatic rings. The number of methoxy groups -OCH3 is 1. The van der Waals surface area contributed by atoms with E-state index in [9.17, 15) is 23.3 Å². The molecule has 1 atom stereocenters. The van der Waals surface area contributed by atoms with E-state index in [0.29, 0.717) is 30.8 Å². The molecule has 1 aliphatic heterocycles. The number of rotatable bonds is 9. The first kappa shape index (κ1) is 23.7. The van der Waals surface area contributed by atoms with Crippen molar-refractivity contribution in [3.63, 3.8) is 0 Å². The fraction of sp³-hybridized carbons (Fsp3) is 0.409. The zero-order chi connectivity index (χ0) is 23.3. The Morgan fingerprint density at radius 1 is 1.25 bits per heavy atom. The summed E-state index contributed by atoms with van der Waals surface area (Å²) in [5.41, 5.74) is 1.72. The fourth-order valence-electron chi connectivity index (χ4n) is 3.83. The lowest BCUT2D eigenvalue weighted by molar-refractivity contribution is -0.385. The van der Waals surface area contributed by atoms with E-state index >= 15 is 0 Å². The minimum atomic E-state index is -3.08. The van der Waals surface area contributed by atoms with E-state index in [1.165, 1.54) is 12.1 Å². The molecule has 1 fully saturated rings. The zero-order valence-corrected chi connectivity index (χ0v) is 18.9. The van der Waals surface area contributed by atoms with Crippen molar-refractivity contribution >= 4 is 27.1 Å². The number of ether oxygens (including phenoxy) is 1. The average Bonchev–Trinajstić information content (AvgIpc) is 3.12. The standard InChI is InChI=1S/C22H27N3O6S/c1-16-20(4-3-5-21(16)25(27)28)23-22(26)10-12-24(18-11-13-32(29,30)15-18)14-17-6-8-19(31-2)9-7-17/h3-9,18H,10-15H2,1-2H3,(H,23,26). The van der Waals surface area contributed by atoms with Crippen molar-refractivity contribution in [2.24, 2.45) is 0 Å². The number of amides is 1. The van der Waals surface area contributed by atoms with Crippen LogP contribution in [-0.2, 0) is 21.2 Å². The highest BCUT2D eigenvalue weighted by molar-refractivity contribution is 7.91. The molecule has 1 N–H and O–H groups in total. The van der Waals surface area contributed by atoms with E-state index in [4.69, 9.17) is 4.74 Å². The van der Waals surface area contributed by atoms with Crippen molar-refractivity contribution in [2.75, 3.05) is 30.5 Å². The highest BCUT2D eigenvalue weighted by Crippen LogP contribution is 2.26. The Bertz CT molecular complexity index is 1090. The predicted octanol–water partition coefficient (Wildman–Crippen LogP) is 2.93. The third kappa shape index (κ3) is 6.04. The lowest BCUT2D eigenvalue weighted by atomic mass is 10.1. The smallest absolute Gasteiger partial charge is 0.274 e. The average molecular weight is 462 g/mol. The highest BCUT2D eigenvalue weighted by Gasteiger charge is 2.32. The lowest BCUT2D eigenvalue weighted by Crippen LogP contribution is -2.37. The summed E-state index contributed by atoms with van der Waals surface area (Å²) < 4.78 is 29.2. The Hall–Kier alpha value is -2.98. The van der Waals surface area contributed by atoms with Gasteiger partial charge in [0.15, 0.2) is 9.84 Å². The molecule has 32 heavy (non-hydrogen) atoms. The summed E-state index contributed by atoms with van der Waals surface area (Å²) in [6.45, 7) is 2.46. The van der Waals surface area contributed by atoms with Crippen LogP contribution in [0.25, 0.3) is 0 Å². The molecule has 1 heterocycles. The van der Waals surface area contributed by atoms with Gasteiger partial charge in [-0.15, -0.1) is 0 Å². The second-order valence-electron chi connectivity index (χ2n) is 7.88. The Morgan fingerprint density at radius 3 is 2.56 bits per heavy atom. The number of benzene rings is 2. The Kier molecular flexibility index (Phi) is 7.47. The summed E-state index contributed by atoms with van der Waals surface area (Å²) >= 11 is 0. The quantitative estimate of drug-likeness (QED) is 0.450. The summed E-state index contributed by atoms with van der Waals surface area (Å²) in [4.78, 5) is 25.2. The van der Waals surface area contributed by atoms with Gasteiger partial charge in [0.05, 0.1) is 34.8 Å². The number of nitrogens with one attached hydrogen (secondary N) is 1. The molecule has 172 valence electrons. The Labute approximate surface area is 187 Å². The minimum Gasteiger partial charge on any atom is -0.497 e. The maximum atomic E-state index is 12.6. The van der Waals surface area contributed by atoms with Crippen molar-refractivity contribution in [3.8, 4) is 5.75 Å². The van der Waals surface area contributed by atoms with Crippen molar-refractivity contribution in [1.29, 1.82) is 0 Å². The van der Waals surface area contributed by atoms with Gasteiger partial charge < -0.3 is 10.1 Å². The second kappa shape index (κ2) is 10.1. The first-order chi connectivity index (χ1) is 15.2.